The highest BCUT2D eigenvalue weighted by Gasteiger charge is 2.28. The summed E-state index contributed by atoms with van der Waals surface area (Å²) < 4.78 is 5.55. The van der Waals surface area contributed by atoms with Crippen LogP contribution in [0.3, 0.4) is 0 Å². The molecule has 0 spiro atoms. The van der Waals surface area contributed by atoms with Crippen molar-refractivity contribution in [2.24, 2.45) is 5.92 Å². The van der Waals surface area contributed by atoms with Crippen molar-refractivity contribution in [3.8, 4) is 6.01 Å². The molecule has 2 atom stereocenters. The molecule has 112 valence electrons. The Morgan fingerprint density at radius 2 is 2.05 bits per heavy atom. The molecule has 0 aromatic carbocycles. The summed E-state index contributed by atoms with van der Waals surface area (Å²) in [7, 11) is 1.76. The molecule has 2 unspecified atom stereocenters. The van der Waals surface area contributed by atoms with Gasteiger partial charge in [0.25, 0.3) is 0 Å². The Morgan fingerprint density at radius 3 is 2.60 bits per heavy atom. The molecule has 1 aliphatic rings. The van der Waals surface area contributed by atoms with Gasteiger partial charge in [-0.15, -0.1) is 0 Å². The molecule has 2 N–H and O–H groups in total. The normalized spacial score (nSPS) is 20.3. The lowest BCUT2D eigenvalue weighted by atomic mass is 10.0. The van der Waals surface area contributed by atoms with E-state index in [4.69, 9.17) is 4.74 Å². The summed E-state index contributed by atoms with van der Waals surface area (Å²) in [6.45, 7) is 7.29. The zero-order chi connectivity index (χ0) is 14.7. The van der Waals surface area contributed by atoms with Crippen LogP contribution < -0.4 is 15.0 Å². The van der Waals surface area contributed by atoms with Gasteiger partial charge in [0, 0.05) is 26.1 Å². The van der Waals surface area contributed by atoms with E-state index in [0.29, 0.717) is 17.9 Å². The molecule has 7 nitrogen and oxygen atoms in total. The Morgan fingerprint density at radius 1 is 1.30 bits per heavy atom. The molecule has 1 aliphatic heterocycles. The zero-order valence-electron chi connectivity index (χ0n) is 12.5. The standard InChI is InChI=1S/C13H23N5O2/c1-8(2)20-13-16-11(14-4)15-12(17-13)18-6-5-10(7-18)9(3)19/h8-10,19H,5-7H2,1-4H3,(H,14,15,16,17). The summed E-state index contributed by atoms with van der Waals surface area (Å²) in [4.78, 5) is 15.0. The molecule has 2 rings (SSSR count). The number of anilines is 2. The second-order valence-corrected chi connectivity index (χ2v) is 5.39. The van der Waals surface area contributed by atoms with E-state index in [-0.39, 0.29) is 18.1 Å². The summed E-state index contributed by atoms with van der Waals surface area (Å²) in [6.07, 6.45) is 0.647. The van der Waals surface area contributed by atoms with Crippen LogP contribution >= 0.6 is 0 Å². The van der Waals surface area contributed by atoms with E-state index in [1.807, 2.05) is 20.8 Å². The van der Waals surface area contributed by atoms with Gasteiger partial charge in [0.05, 0.1) is 12.2 Å². The largest absolute Gasteiger partial charge is 0.461 e. The molecule has 20 heavy (non-hydrogen) atoms. The van der Waals surface area contributed by atoms with Crippen LogP contribution in [0.15, 0.2) is 0 Å². The van der Waals surface area contributed by atoms with Crippen molar-refractivity contribution in [1.29, 1.82) is 0 Å². The van der Waals surface area contributed by atoms with E-state index in [2.05, 4.69) is 25.2 Å². The average molecular weight is 281 g/mol. The number of rotatable bonds is 5. The fourth-order valence-corrected chi connectivity index (χ4v) is 2.23. The predicted molar refractivity (Wildman–Crippen MR) is 77.1 cm³/mol. The number of aliphatic hydroxyl groups excluding tert-OH is 1. The first-order valence-electron chi connectivity index (χ1n) is 7.03. The van der Waals surface area contributed by atoms with Gasteiger partial charge in [-0.05, 0) is 27.2 Å². The molecule has 1 aromatic heterocycles. The third kappa shape index (κ3) is 3.47. The van der Waals surface area contributed by atoms with Gasteiger partial charge in [-0.1, -0.05) is 0 Å². The molecule has 2 heterocycles. The van der Waals surface area contributed by atoms with Crippen molar-refractivity contribution < 1.29 is 9.84 Å². The summed E-state index contributed by atoms with van der Waals surface area (Å²) in [6, 6.07) is 0.329. The Labute approximate surface area is 119 Å². The van der Waals surface area contributed by atoms with E-state index in [0.717, 1.165) is 19.5 Å². The minimum atomic E-state index is -0.308. The molecule has 0 bridgehead atoms. The van der Waals surface area contributed by atoms with Crippen LogP contribution in [0.1, 0.15) is 27.2 Å². The van der Waals surface area contributed by atoms with Gasteiger partial charge in [-0.25, -0.2) is 0 Å². The summed E-state index contributed by atoms with van der Waals surface area (Å²) >= 11 is 0. The number of nitrogens with zero attached hydrogens (tertiary/aromatic N) is 4. The third-order valence-electron chi connectivity index (χ3n) is 3.36. The van der Waals surface area contributed by atoms with E-state index in [9.17, 15) is 5.11 Å². The molecule has 0 saturated carbocycles. The second kappa shape index (κ2) is 6.21. The molecule has 0 amide bonds. The molecule has 0 aliphatic carbocycles. The number of aliphatic hydroxyl groups is 1. The van der Waals surface area contributed by atoms with E-state index >= 15 is 0 Å². The first-order valence-corrected chi connectivity index (χ1v) is 7.03. The highest BCUT2D eigenvalue weighted by molar-refractivity contribution is 5.39. The van der Waals surface area contributed by atoms with Gasteiger partial charge < -0.3 is 20.1 Å². The van der Waals surface area contributed by atoms with Crippen LogP contribution in [-0.2, 0) is 0 Å². The maximum Gasteiger partial charge on any atom is 0.323 e. The van der Waals surface area contributed by atoms with E-state index in [1.54, 1.807) is 7.05 Å². The highest BCUT2D eigenvalue weighted by Crippen LogP contribution is 2.25. The summed E-state index contributed by atoms with van der Waals surface area (Å²) in [5.74, 6) is 1.36. The van der Waals surface area contributed by atoms with Crippen LogP contribution in [0.4, 0.5) is 11.9 Å². The Bertz CT molecular complexity index is 452. The van der Waals surface area contributed by atoms with Gasteiger partial charge in [-0.3, -0.25) is 0 Å². The Balaban J connectivity index is 2.18. The number of hydrogen-bond donors (Lipinski definition) is 2. The van der Waals surface area contributed by atoms with Crippen LogP contribution in [0.5, 0.6) is 6.01 Å². The number of nitrogens with one attached hydrogen (secondary N) is 1. The maximum atomic E-state index is 9.67. The first kappa shape index (κ1) is 14.8. The molecule has 1 aromatic rings. The maximum absolute atomic E-state index is 9.67. The SMILES string of the molecule is CNc1nc(OC(C)C)nc(N2CCC(C(C)O)C2)n1. The fraction of sp³-hybridized carbons (Fsp3) is 0.769. The molecule has 1 saturated heterocycles. The van der Waals surface area contributed by atoms with Crippen LogP contribution in [0.25, 0.3) is 0 Å². The highest BCUT2D eigenvalue weighted by atomic mass is 16.5. The smallest absolute Gasteiger partial charge is 0.323 e. The summed E-state index contributed by atoms with van der Waals surface area (Å²) in [5, 5.41) is 12.6. The third-order valence-corrected chi connectivity index (χ3v) is 3.36. The van der Waals surface area contributed by atoms with Gasteiger partial charge in [0.15, 0.2) is 0 Å². The average Bonchev–Trinajstić information content (AvgIpc) is 2.87. The quantitative estimate of drug-likeness (QED) is 0.829. The first-order chi connectivity index (χ1) is 9.49. The van der Waals surface area contributed by atoms with Crippen molar-refractivity contribution in [2.45, 2.75) is 39.4 Å². The van der Waals surface area contributed by atoms with Gasteiger partial charge in [-0.2, -0.15) is 15.0 Å². The van der Waals surface area contributed by atoms with Crippen molar-refractivity contribution >= 4 is 11.9 Å². The Hall–Kier alpha value is -1.63. The van der Waals surface area contributed by atoms with Crippen LogP contribution in [-0.4, -0.2) is 52.4 Å². The minimum Gasteiger partial charge on any atom is -0.461 e. The summed E-state index contributed by atoms with van der Waals surface area (Å²) in [5.41, 5.74) is 0. The topological polar surface area (TPSA) is 83.4 Å². The van der Waals surface area contributed by atoms with Gasteiger partial charge in [0.2, 0.25) is 11.9 Å². The number of ether oxygens (including phenoxy) is 1. The second-order valence-electron chi connectivity index (χ2n) is 5.39. The van der Waals surface area contributed by atoms with Gasteiger partial charge in [0.1, 0.15) is 0 Å². The predicted octanol–water partition coefficient (Wildman–Crippen LogP) is 0.908. The van der Waals surface area contributed by atoms with Crippen LogP contribution in [0.2, 0.25) is 0 Å². The van der Waals surface area contributed by atoms with Crippen molar-refractivity contribution in [3.05, 3.63) is 0 Å². The number of aromatic nitrogens is 3. The van der Waals surface area contributed by atoms with Crippen LogP contribution in [0, 0.1) is 5.92 Å². The van der Waals surface area contributed by atoms with Crippen molar-refractivity contribution in [3.63, 3.8) is 0 Å². The molecule has 0 radical (unpaired) electrons. The molecule has 7 heteroatoms. The molecule has 1 fully saturated rings. The van der Waals surface area contributed by atoms with Gasteiger partial charge >= 0.3 is 6.01 Å². The lowest BCUT2D eigenvalue weighted by molar-refractivity contribution is 0.136. The molecular formula is C13H23N5O2. The molecular weight excluding hydrogens is 258 g/mol. The fourth-order valence-electron chi connectivity index (χ4n) is 2.23. The Kier molecular flexibility index (Phi) is 4.59. The monoisotopic (exact) mass is 281 g/mol. The lowest BCUT2D eigenvalue weighted by Gasteiger charge is -2.19. The lowest BCUT2D eigenvalue weighted by Crippen LogP contribution is -2.26. The zero-order valence-corrected chi connectivity index (χ0v) is 12.5. The van der Waals surface area contributed by atoms with E-state index < -0.39 is 0 Å². The number of hydrogen-bond acceptors (Lipinski definition) is 7. The van der Waals surface area contributed by atoms with Crippen molar-refractivity contribution in [2.75, 3.05) is 30.4 Å². The van der Waals surface area contributed by atoms with E-state index in [1.165, 1.54) is 0 Å². The minimum absolute atomic E-state index is 0.0127. The van der Waals surface area contributed by atoms with Crippen molar-refractivity contribution in [1.82, 2.24) is 15.0 Å².